The van der Waals surface area contributed by atoms with Gasteiger partial charge in [0.1, 0.15) is 17.8 Å². The number of hydrogen-bond acceptors (Lipinski definition) is 4. The van der Waals surface area contributed by atoms with Crippen LogP contribution in [0.25, 0.3) is 0 Å². The largest absolute Gasteiger partial charge is 0.381 e. The molecular formula is C10H18O4. The maximum absolute atomic E-state index is 5.93. The predicted molar refractivity (Wildman–Crippen MR) is 50.3 cm³/mol. The van der Waals surface area contributed by atoms with Gasteiger partial charge in [-0.2, -0.15) is 0 Å². The Bertz CT molecular complexity index is 220. The van der Waals surface area contributed by atoms with E-state index < -0.39 is 5.60 Å². The molecule has 2 saturated heterocycles. The van der Waals surface area contributed by atoms with Gasteiger partial charge in [-0.05, 0) is 13.8 Å². The maximum atomic E-state index is 5.93. The van der Waals surface area contributed by atoms with Crippen LogP contribution < -0.4 is 0 Å². The second-order valence-electron chi connectivity index (χ2n) is 4.11. The van der Waals surface area contributed by atoms with Crippen molar-refractivity contribution in [1.29, 1.82) is 0 Å². The first-order chi connectivity index (χ1) is 6.65. The summed E-state index contributed by atoms with van der Waals surface area (Å²) in [7, 11) is 3.37. The van der Waals surface area contributed by atoms with Crippen molar-refractivity contribution in [2.24, 2.45) is 0 Å². The summed E-state index contributed by atoms with van der Waals surface area (Å²) in [6.45, 7) is 4.55. The molecular weight excluding hydrogens is 184 g/mol. The molecule has 5 atom stereocenters. The summed E-state index contributed by atoms with van der Waals surface area (Å²) in [6, 6.07) is 0. The highest BCUT2D eigenvalue weighted by Crippen LogP contribution is 2.45. The highest BCUT2D eigenvalue weighted by molar-refractivity contribution is 5.11. The molecule has 0 saturated carbocycles. The molecule has 2 heterocycles. The molecule has 2 aliphatic heterocycles. The van der Waals surface area contributed by atoms with Gasteiger partial charge in [-0.25, -0.2) is 0 Å². The number of methoxy groups -OCH3 is 2. The Morgan fingerprint density at radius 3 is 2.57 bits per heavy atom. The van der Waals surface area contributed by atoms with Gasteiger partial charge >= 0.3 is 0 Å². The van der Waals surface area contributed by atoms with E-state index >= 15 is 0 Å². The first-order valence-corrected chi connectivity index (χ1v) is 5.00. The summed E-state index contributed by atoms with van der Waals surface area (Å²) in [5.41, 5.74) is -0.409. The molecule has 2 aliphatic rings. The van der Waals surface area contributed by atoms with Crippen molar-refractivity contribution >= 4 is 0 Å². The van der Waals surface area contributed by atoms with Crippen LogP contribution in [0.2, 0.25) is 0 Å². The molecule has 0 N–H and O–H groups in total. The van der Waals surface area contributed by atoms with Crippen LogP contribution in [0, 0.1) is 0 Å². The van der Waals surface area contributed by atoms with Crippen LogP contribution >= 0.6 is 0 Å². The molecule has 2 rings (SSSR count). The van der Waals surface area contributed by atoms with E-state index in [9.17, 15) is 0 Å². The lowest BCUT2D eigenvalue weighted by atomic mass is 9.94. The van der Waals surface area contributed by atoms with E-state index in [4.69, 9.17) is 18.9 Å². The smallest absolute Gasteiger partial charge is 0.146 e. The monoisotopic (exact) mass is 202 g/mol. The molecule has 2 bridgehead atoms. The molecule has 0 spiro atoms. The Balaban J connectivity index is 2.25. The summed E-state index contributed by atoms with van der Waals surface area (Å²) in [6.07, 6.45) is 0.164. The molecule has 14 heavy (non-hydrogen) atoms. The molecule has 0 aromatic carbocycles. The highest BCUT2D eigenvalue weighted by atomic mass is 16.7. The van der Waals surface area contributed by atoms with Crippen molar-refractivity contribution in [3.05, 3.63) is 0 Å². The van der Waals surface area contributed by atoms with Gasteiger partial charge in [0.2, 0.25) is 0 Å². The predicted octanol–water partition coefficient (Wildman–Crippen LogP) is 0.593. The van der Waals surface area contributed by atoms with E-state index in [1.54, 1.807) is 14.2 Å². The maximum Gasteiger partial charge on any atom is 0.146 e. The van der Waals surface area contributed by atoms with Gasteiger partial charge < -0.3 is 18.9 Å². The van der Waals surface area contributed by atoms with Crippen molar-refractivity contribution in [2.75, 3.05) is 20.8 Å². The lowest BCUT2D eigenvalue weighted by Crippen LogP contribution is -2.50. The number of hydrogen-bond donors (Lipinski definition) is 0. The Labute approximate surface area is 84.5 Å². The fourth-order valence-corrected chi connectivity index (χ4v) is 2.66. The van der Waals surface area contributed by atoms with Crippen molar-refractivity contribution in [1.82, 2.24) is 0 Å². The van der Waals surface area contributed by atoms with Crippen LogP contribution in [0.3, 0.4) is 0 Å². The molecule has 0 unspecified atom stereocenters. The SMILES string of the molecule is COC[C@]12O[C@@H](C)[C@H](O[C@H]1C)[C@@H]2OC. The quantitative estimate of drug-likeness (QED) is 0.671. The minimum Gasteiger partial charge on any atom is -0.381 e. The van der Waals surface area contributed by atoms with Gasteiger partial charge in [0.05, 0.1) is 18.8 Å². The van der Waals surface area contributed by atoms with Crippen LogP contribution in [0.5, 0.6) is 0 Å². The Morgan fingerprint density at radius 1 is 1.29 bits per heavy atom. The van der Waals surface area contributed by atoms with Gasteiger partial charge in [0, 0.05) is 14.2 Å². The Hall–Kier alpha value is -0.160. The van der Waals surface area contributed by atoms with E-state index in [1.165, 1.54) is 0 Å². The first-order valence-electron chi connectivity index (χ1n) is 5.00. The number of fused-ring (bicyclic) bond motifs is 2. The zero-order valence-electron chi connectivity index (χ0n) is 9.15. The minimum atomic E-state index is -0.409. The average Bonchev–Trinajstić information content (AvgIpc) is 2.54. The van der Waals surface area contributed by atoms with E-state index in [1.807, 2.05) is 13.8 Å². The number of rotatable bonds is 3. The van der Waals surface area contributed by atoms with Crippen LogP contribution in [0.1, 0.15) is 13.8 Å². The first kappa shape index (κ1) is 10.4. The van der Waals surface area contributed by atoms with E-state index in [2.05, 4.69) is 0 Å². The Morgan fingerprint density at radius 2 is 2.00 bits per heavy atom. The van der Waals surface area contributed by atoms with Crippen LogP contribution in [0.15, 0.2) is 0 Å². The second kappa shape index (κ2) is 3.45. The second-order valence-corrected chi connectivity index (χ2v) is 4.11. The third kappa shape index (κ3) is 1.15. The summed E-state index contributed by atoms with van der Waals surface area (Å²) >= 11 is 0. The molecule has 0 radical (unpaired) electrons. The summed E-state index contributed by atoms with van der Waals surface area (Å²) in [5, 5.41) is 0. The lowest BCUT2D eigenvalue weighted by Gasteiger charge is -2.34. The van der Waals surface area contributed by atoms with Gasteiger partial charge in [0.25, 0.3) is 0 Å². The summed E-state index contributed by atoms with van der Waals surface area (Å²) < 4.78 is 22.4. The van der Waals surface area contributed by atoms with Crippen molar-refractivity contribution in [3.63, 3.8) is 0 Å². The fraction of sp³-hybridized carbons (Fsp3) is 1.00. The van der Waals surface area contributed by atoms with Gasteiger partial charge in [0.15, 0.2) is 0 Å². The zero-order chi connectivity index (χ0) is 10.3. The van der Waals surface area contributed by atoms with Gasteiger partial charge in [-0.3, -0.25) is 0 Å². The molecule has 0 aromatic rings. The number of ether oxygens (including phenoxy) is 4. The third-order valence-electron chi connectivity index (χ3n) is 3.32. The van der Waals surface area contributed by atoms with Gasteiger partial charge in [-0.1, -0.05) is 0 Å². The minimum absolute atomic E-state index is 0.00699. The molecule has 4 heteroatoms. The lowest BCUT2D eigenvalue weighted by molar-refractivity contribution is -0.194. The standard InChI is InChI=1S/C10H18O4/c1-6-8-9(12-4)10(14-6,5-11-3)7(2)13-8/h6-9H,5H2,1-4H3/t6-,7-,8-,9-,10-/m0/s1. The normalized spacial score (nSPS) is 51.4. The van der Waals surface area contributed by atoms with Crippen LogP contribution in [0.4, 0.5) is 0 Å². The highest BCUT2D eigenvalue weighted by Gasteiger charge is 2.64. The molecule has 0 aromatic heterocycles. The van der Waals surface area contributed by atoms with E-state index in [0.717, 1.165) is 0 Å². The van der Waals surface area contributed by atoms with Crippen LogP contribution in [-0.4, -0.2) is 50.8 Å². The van der Waals surface area contributed by atoms with Crippen molar-refractivity contribution in [3.8, 4) is 0 Å². The zero-order valence-corrected chi connectivity index (χ0v) is 9.15. The van der Waals surface area contributed by atoms with E-state index in [0.29, 0.717) is 6.61 Å². The van der Waals surface area contributed by atoms with Crippen LogP contribution in [-0.2, 0) is 18.9 Å². The summed E-state index contributed by atoms with van der Waals surface area (Å²) in [4.78, 5) is 0. The van der Waals surface area contributed by atoms with Crippen molar-refractivity contribution in [2.45, 2.75) is 43.9 Å². The topological polar surface area (TPSA) is 36.9 Å². The molecule has 4 nitrogen and oxygen atoms in total. The summed E-state index contributed by atoms with van der Waals surface area (Å²) in [5.74, 6) is 0. The van der Waals surface area contributed by atoms with Gasteiger partial charge in [-0.15, -0.1) is 0 Å². The Kier molecular flexibility index (Phi) is 2.55. The van der Waals surface area contributed by atoms with E-state index in [-0.39, 0.29) is 24.4 Å². The van der Waals surface area contributed by atoms with Crippen molar-refractivity contribution < 1.29 is 18.9 Å². The molecule has 82 valence electrons. The molecule has 0 amide bonds. The average molecular weight is 202 g/mol. The molecule has 0 aliphatic carbocycles. The third-order valence-corrected chi connectivity index (χ3v) is 3.32. The molecule has 2 fully saturated rings. The fourth-order valence-electron chi connectivity index (χ4n) is 2.66.